The smallest absolute Gasteiger partial charge is 0.119 e. The lowest BCUT2D eigenvalue weighted by molar-refractivity contribution is -0.0748. The average molecular weight is 276 g/mol. The number of hydrogen-bond acceptors (Lipinski definition) is 3. The van der Waals surface area contributed by atoms with Crippen LogP contribution in [0.3, 0.4) is 0 Å². The summed E-state index contributed by atoms with van der Waals surface area (Å²) in [5, 5.41) is 9.01. The summed E-state index contributed by atoms with van der Waals surface area (Å²) in [6.07, 6.45) is 9.02. The summed E-state index contributed by atoms with van der Waals surface area (Å²) in [6.45, 7) is 0.717. The van der Waals surface area contributed by atoms with Crippen molar-refractivity contribution < 1.29 is 14.6 Å². The summed E-state index contributed by atoms with van der Waals surface area (Å²) in [4.78, 5) is 0. The zero-order valence-corrected chi connectivity index (χ0v) is 12.0. The standard InChI is InChI=1S/C17H24O3/c18-12-14-4-6-15(7-5-14)19-13-16-8-11-17(20-16)9-2-1-3-10-17/h4-7,16,18H,1-3,8-13H2. The lowest BCUT2D eigenvalue weighted by Crippen LogP contribution is -2.32. The molecular weight excluding hydrogens is 252 g/mol. The second-order valence-electron chi connectivity index (χ2n) is 6.14. The highest BCUT2D eigenvalue weighted by molar-refractivity contribution is 5.26. The van der Waals surface area contributed by atoms with Crippen LogP contribution in [-0.2, 0) is 11.3 Å². The van der Waals surface area contributed by atoms with E-state index in [1.165, 1.54) is 38.5 Å². The van der Waals surface area contributed by atoms with Crippen LogP contribution in [-0.4, -0.2) is 23.4 Å². The molecule has 0 amide bonds. The molecule has 110 valence electrons. The molecule has 1 aliphatic heterocycles. The third-order valence-corrected chi connectivity index (χ3v) is 4.65. The Morgan fingerprint density at radius 2 is 1.85 bits per heavy atom. The summed E-state index contributed by atoms with van der Waals surface area (Å²) in [6, 6.07) is 7.62. The summed E-state index contributed by atoms with van der Waals surface area (Å²) in [5.41, 5.74) is 1.09. The van der Waals surface area contributed by atoms with Crippen molar-refractivity contribution in [2.45, 2.75) is 63.3 Å². The predicted octanol–water partition coefficient (Wildman–Crippen LogP) is 3.44. The summed E-state index contributed by atoms with van der Waals surface area (Å²) < 4.78 is 12.1. The van der Waals surface area contributed by atoms with E-state index in [0.717, 1.165) is 17.7 Å². The van der Waals surface area contributed by atoms with E-state index < -0.39 is 0 Å². The van der Waals surface area contributed by atoms with Crippen molar-refractivity contribution >= 4 is 0 Å². The van der Waals surface area contributed by atoms with Crippen molar-refractivity contribution in [2.24, 2.45) is 0 Å². The molecular formula is C17H24O3. The minimum atomic E-state index is 0.0779. The number of benzene rings is 1. The van der Waals surface area contributed by atoms with Crippen LogP contribution < -0.4 is 4.74 Å². The molecule has 1 spiro atoms. The molecule has 1 aliphatic carbocycles. The van der Waals surface area contributed by atoms with Gasteiger partial charge in [-0.2, -0.15) is 0 Å². The van der Waals surface area contributed by atoms with E-state index in [-0.39, 0.29) is 18.3 Å². The molecule has 20 heavy (non-hydrogen) atoms. The van der Waals surface area contributed by atoms with Gasteiger partial charge in [0.1, 0.15) is 12.4 Å². The van der Waals surface area contributed by atoms with E-state index in [1.807, 2.05) is 24.3 Å². The van der Waals surface area contributed by atoms with Crippen LogP contribution in [0.25, 0.3) is 0 Å². The van der Waals surface area contributed by atoms with Gasteiger partial charge in [-0.3, -0.25) is 0 Å². The molecule has 1 atom stereocenters. The maximum absolute atomic E-state index is 9.01. The molecule has 3 rings (SSSR count). The van der Waals surface area contributed by atoms with Crippen molar-refractivity contribution in [3.8, 4) is 5.75 Å². The summed E-state index contributed by atoms with van der Waals surface area (Å²) in [5.74, 6) is 0.857. The van der Waals surface area contributed by atoms with E-state index in [2.05, 4.69) is 0 Å². The minimum absolute atomic E-state index is 0.0779. The third-order valence-electron chi connectivity index (χ3n) is 4.65. The van der Waals surface area contributed by atoms with Crippen molar-refractivity contribution in [1.82, 2.24) is 0 Å². The van der Waals surface area contributed by atoms with Gasteiger partial charge >= 0.3 is 0 Å². The first kappa shape index (κ1) is 13.9. The molecule has 0 bridgehead atoms. The minimum Gasteiger partial charge on any atom is -0.491 e. The van der Waals surface area contributed by atoms with E-state index in [0.29, 0.717) is 6.61 Å². The lowest BCUT2D eigenvalue weighted by Gasteiger charge is -2.33. The van der Waals surface area contributed by atoms with Gasteiger partial charge in [0.25, 0.3) is 0 Å². The van der Waals surface area contributed by atoms with Gasteiger partial charge < -0.3 is 14.6 Å². The van der Waals surface area contributed by atoms with Gasteiger partial charge in [0.15, 0.2) is 0 Å². The molecule has 2 aliphatic rings. The van der Waals surface area contributed by atoms with Gasteiger partial charge in [0.05, 0.1) is 18.3 Å². The maximum atomic E-state index is 9.01. The van der Waals surface area contributed by atoms with Crippen LogP contribution in [0.15, 0.2) is 24.3 Å². The molecule has 1 saturated heterocycles. The van der Waals surface area contributed by atoms with Gasteiger partial charge in [-0.25, -0.2) is 0 Å². The fourth-order valence-electron chi connectivity index (χ4n) is 3.46. The van der Waals surface area contributed by atoms with Gasteiger partial charge in [-0.05, 0) is 43.4 Å². The molecule has 1 N–H and O–H groups in total. The maximum Gasteiger partial charge on any atom is 0.119 e. The Labute approximate surface area is 120 Å². The quantitative estimate of drug-likeness (QED) is 0.915. The first-order valence-corrected chi connectivity index (χ1v) is 7.80. The van der Waals surface area contributed by atoms with E-state index >= 15 is 0 Å². The number of hydrogen-bond donors (Lipinski definition) is 1. The van der Waals surface area contributed by atoms with Crippen LogP contribution in [0.1, 0.15) is 50.5 Å². The van der Waals surface area contributed by atoms with Gasteiger partial charge in [0.2, 0.25) is 0 Å². The number of ether oxygens (including phenoxy) is 2. The molecule has 3 heteroatoms. The molecule has 3 nitrogen and oxygen atoms in total. The highest BCUT2D eigenvalue weighted by Crippen LogP contribution is 2.41. The second kappa shape index (κ2) is 6.15. The average Bonchev–Trinajstić information content (AvgIpc) is 2.89. The number of rotatable bonds is 4. The molecule has 2 fully saturated rings. The highest BCUT2D eigenvalue weighted by Gasteiger charge is 2.40. The van der Waals surface area contributed by atoms with Crippen LogP contribution in [0.2, 0.25) is 0 Å². The zero-order valence-electron chi connectivity index (χ0n) is 12.0. The Balaban J connectivity index is 1.49. The Bertz CT molecular complexity index is 420. The van der Waals surface area contributed by atoms with Crippen molar-refractivity contribution in [2.75, 3.05) is 6.61 Å². The Hall–Kier alpha value is -1.06. The monoisotopic (exact) mass is 276 g/mol. The molecule has 1 heterocycles. The first-order valence-electron chi connectivity index (χ1n) is 7.80. The van der Waals surface area contributed by atoms with Crippen LogP contribution in [0.4, 0.5) is 0 Å². The van der Waals surface area contributed by atoms with Crippen LogP contribution in [0.5, 0.6) is 5.75 Å². The predicted molar refractivity (Wildman–Crippen MR) is 77.8 cm³/mol. The SMILES string of the molecule is OCc1ccc(OCC2CCC3(CCCCC3)O2)cc1. The zero-order chi connectivity index (χ0) is 13.8. The first-order chi connectivity index (χ1) is 9.80. The molecule has 1 aromatic carbocycles. The van der Waals surface area contributed by atoms with Crippen LogP contribution in [0, 0.1) is 0 Å². The third kappa shape index (κ3) is 3.15. The van der Waals surface area contributed by atoms with Crippen molar-refractivity contribution in [3.05, 3.63) is 29.8 Å². The normalized spacial score (nSPS) is 24.9. The van der Waals surface area contributed by atoms with Crippen molar-refractivity contribution in [3.63, 3.8) is 0 Å². The molecule has 1 saturated carbocycles. The summed E-state index contributed by atoms with van der Waals surface area (Å²) >= 11 is 0. The Kier molecular flexibility index (Phi) is 4.27. The molecule has 0 aromatic heterocycles. The van der Waals surface area contributed by atoms with Gasteiger partial charge in [-0.15, -0.1) is 0 Å². The van der Waals surface area contributed by atoms with Gasteiger partial charge in [-0.1, -0.05) is 31.4 Å². The second-order valence-corrected chi connectivity index (χ2v) is 6.14. The Morgan fingerprint density at radius 1 is 1.10 bits per heavy atom. The molecule has 1 aromatic rings. The van der Waals surface area contributed by atoms with Crippen molar-refractivity contribution in [1.29, 1.82) is 0 Å². The van der Waals surface area contributed by atoms with E-state index in [4.69, 9.17) is 14.6 Å². The van der Waals surface area contributed by atoms with Crippen LogP contribution >= 0.6 is 0 Å². The number of aliphatic hydroxyl groups excluding tert-OH is 1. The summed E-state index contributed by atoms with van der Waals surface area (Å²) in [7, 11) is 0. The fraction of sp³-hybridized carbons (Fsp3) is 0.647. The molecule has 1 unspecified atom stereocenters. The van der Waals surface area contributed by atoms with E-state index in [1.54, 1.807) is 0 Å². The topological polar surface area (TPSA) is 38.7 Å². The highest BCUT2D eigenvalue weighted by atomic mass is 16.6. The van der Waals surface area contributed by atoms with Gasteiger partial charge in [0, 0.05) is 0 Å². The lowest BCUT2D eigenvalue weighted by atomic mass is 9.83. The molecule has 0 radical (unpaired) electrons. The fourth-order valence-corrected chi connectivity index (χ4v) is 3.46. The Morgan fingerprint density at radius 3 is 2.55 bits per heavy atom. The largest absolute Gasteiger partial charge is 0.491 e. The van der Waals surface area contributed by atoms with E-state index in [9.17, 15) is 0 Å². The number of aliphatic hydroxyl groups is 1.